The van der Waals surface area contributed by atoms with Gasteiger partial charge in [0.25, 0.3) is 0 Å². The Morgan fingerprint density at radius 2 is 2.27 bits per heavy atom. The van der Waals surface area contributed by atoms with Gasteiger partial charge in [-0.15, -0.1) is 0 Å². The predicted molar refractivity (Wildman–Crippen MR) is 56.9 cm³/mol. The van der Waals surface area contributed by atoms with E-state index >= 15 is 0 Å². The van der Waals surface area contributed by atoms with Crippen LogP contribution in [0.5, 0.6) is 0 Å². The second kappa shape index (κ2) is 5.56. The van der Waals surface area contributed by atoms with Crippen LogP contribution in [0.2, 0.25) is 0 Å². The molecule has 1 aromatic heterocycles. The average molecular weight is 211 g/mol. The first kappa shape index (κ1) is 11.8. The summed E-state index contributed by atoms with van der Waals surface area (Å²) in [4.78, 5) is 13.0. The molecule has 1 aromatic rings. The van der Waals surface area contributed by atoms with E-state index in [2.05, 4.69) is 18.7 Å². The lowest BCUT2D eigenvalue weighted by Gasteiger charge is -2.18. The molecule has 15 heavy (non-hydrogen) atoms. The molecule has 4 nitrogen and oxygen atoms in total. The van der Waals surface area contributed by atoms with Crippen molar-refractivity contribution in [1.82, 2.24) is 4.90 Å². The number of nitrogens with zero attached hydrogens (tertiary/aromatic N) is 1. The fourth-order valence-corrected chi connectivity index (χ4v) is 1.55. The molecule has 0 aliphatic heterocycles. The summed E-state index contributed by atoms with van der Waals surface area (Å²) in [6.45, 7) is 6.70. The first-order chi connectivity index (χ1) is 7.19. The minimum absolute atomic E-state index is 0.0598. The maximum absolute atomic E-state index is 10.8. The second-order valence-corrected chi connectivity index (χ2v) is 3.45. The molecular weight excluding hydrogens is 194 g/mol. The molecule has 0 spiro atoms. The zero-order valence-corrected chi connectivity index (χ0v) is 9.19. The van der Waals surface area contributed by atoms with Gasteiger partial charge in [-0.2, -0.15) is 0 Å². The molecule has 0 radical (unpaired) electrons. The molecule has 0 aliphatic rings. The zero-order valence-electron chi connectivity index (χ0n) is 9.19. The number of aromatic carboxylic acids is 1. The predicted octanol–water partition coefficient (Wildman–Crippen LogP) is 2.21. The van der Waals surface area contributed by atoms with Gasteiger partial charge in [-0.3, -0.25) is 4.90 Å². The van der Waals surface area contributed by atoms with Gasteiger partial charge < -0.3 is 9.52 Å². The van der Waals surface area contributed by atoms with Crippen molar-refractivity contribution in [3.8, 4) is 0 Å². The third kappa shape index (κ3) is 3.09. The highest BCUT2D eigenvalue weighted by atomic mass is 16.4. The van der Waals surface area contributed by atoms with Gasteiger partial charge in [-0.05, 0) is 25.6 Å². The van der Waals surface area contributed by atoms with Gasteiger partial charge in [0.1, 0.15) is 0 Å². The largest absolute Gasteiger partial charge is 0.475 e. The summed E-state index contributed by atoms with van der Waals surface area (Å²) in [5, 5.41) is 8.86. The standard InChI is InChI=1S/C11H17NO3/c1-3-6-12(4-2)8-9-5-7-15-10(9)11(13)14/h5,7H,3-4,6,8H2,1-2H3,(H,13,14). The molecule has 0 aromatic carbocycles. The Bertz CT molecular complexity index is 319. The Labute approximate surface area is 89.5 Å². The zero-order chi connectivity index (χ0) is 11.3. The van der Waals surface area contributed by atoms with Crippen LogP contribution in [-0.2, 0) is 6.54 Å². The third-order valence-electron chi connectivity index (χ3n) is 2.32. The summed E-state index contributed by atoms with van der Waals surface area (Å²) in [5.74, 6) is -0.938. The summed E-state index contributed by atoms with van der Waals surface area (Å²) in [7, 11) is 0. The molecule has 0 atom stereocenters. The smallest absolute Gasteiger partial charge is 0.372 e. The number of furan rings is 1. The Morgan fingerprint density at radius 3 is 2.80 bits per heavy atom. The van der Waals surface area contributed by atoms with E-state index in [0.29, 0.717) is 6.54 Å². The average Bonchev–Trinajstić information content (AvgIpc) is 2.65. The van der Waals surface area contributed by atoms with Crippen molar-refractivity contribution in [1.29, 1.82) is 0 Å². The molecule has 1 rings (SSSR count). The summed E-state index contributed by atoms with van der Waals surface area (Å²) < 4.78 is 4.92. The van der Waals surface area contributed by atoms with E-state index in [1.807, 2.05) is 0 Å². The number of carboxylic acids is 1. The topological polar surface area (TPSA) is 53.7 Å². The highest BCUT2D eigenvalue weighted by Gasteiger charge is 2.15. The van der Waals surface area contributed by atoms with Crippen molar-refractivity contribution in [3.05, 3.63) is 23.7 Å². The molecule has 0 fully saturated rings. The van der Waals surface area contributed by atoms with Crippen LogP contribution in [0.1, 0.15) is 36.4 Å². The van der Waals surface area contributed by atoms with Crippen LogP contribution in [0.25, 0.3) is 0 Å². The first-order valence-electron chi connectivity index (χ1n) is 5.21. The van der Waals surface area contributed by atoms with Gasteiger partial charge in [0.05, 0.1) is 6.26 Å². The van der Waals surface area contributed by atoms with Crippen LogP contribution in [0.3, 0.4) is 0 Å². The van der Waals surface area contributed by atoms with Gasteiger partial charge >= 0.3 is 5.97 Å². The second-order valence-electron chi connectivity index (χ2n) is 3.45. The quantitative estimate of drug-likeness (QED) is 0.783. The molecular formula is C11H17NO3. The molecule has 0 aliphatic carbocycles. The number of carbonyl (C=O) groups is 1. The normalized spacial score (nSPS) is 10.9. The molecule has 0 amide bonds. The molecule has 4 heteroatoms. The highest BCUT2D eigenvalue weighted by molar-refractivity contribution is 5.86. The molecule has 0 bridgehead atoms. The van der Waals surface area contributed by atoms with Crippen LogP contribution in [0.15, 0.2) is 16.7 Å². The van der Waals surface area contributed by atoms with Crippen LogP contribution < -0.4 is 0 Å². The van der Waals surface area contributed by atoms with E-state index in [9.17, 15) is 4.79 Å². The fourth-order valence-electron chi connectivity index (χ4n) is 1.55. The molecule has 84 valence electrons. The van der Waals surface area contributed by atoms with Crippen molar-refractivity contribution in [2.45, 2.75) is 26.8 Å². The Hall–Kier alpha value is -1.29. The van der Waals surface area contributed by atoms with Gasteiger partial charge in [0.15, 0.2) is 0 Å². The van der Waals surface area contributed by atoms with E-state index in [0.717, 1.165) is 25.1 Å². The lowest BCUT2D eigenvalue weighted by atomic mass is 10.2. The maximum Gasteiger partial charge on any atom is 0.372 e. The van der Waals surface area contributed by atoms with Crippen molar-refractivity contribution >= 4 is 5.97 Å². The number of rotatable bonds is 6. The van der Waals surface area contributed by atoms with Crippen molar-refractivity contribution in [3.63, 3.8) is 0 Å². The van der Waals surface area contributed by atoms with E-state index in [1.165, 1.54) is 6.26 Å². The van der Waals surface area contributed by atoms with Gasteiger partial charge in [0.2, 0.25) is 5.76 Å². The monoisotopic (exact) mass is 211 g/mol. The lowest BCUT2D eigenvalue weighted by Crippen LogP contribution is -2.24. The van der Waals surface area contributed by atoms with Gasteiger partial charge in [-0.1, -0.05) is 13.8 Å². The number of carboxylic acid groups (broad SMARTS) is 1. The highest BCUT2D eigenvalue weighted by Crippen LogP contribution is 2.13. The minimum atomic E-state index is -0.998. The van der Waals surface area contributed by atoms with Gasteiger partial charge in [-0.25, -0.2) is 4.79 Å². The minimum Gasteiger partial charge on any atom is -0.475 e. The van der Waals surface area contributed by atoms with Crippen molar-refractivity contribution < 1.29 is 14.3 Å². The summed E-state index contributed by atoms with van der Waals surface area (Å²) in [5.41, 5.74) is 0.748. The van der Waals surface area contributed by atoms with E-state index in [-0.39, 0.29) is 5.76 Å². The van der Waals surface area contributed by atoms with Crippen molar-refractivity contribution in [2.24, 2.45) is 0 Å². The Morgan fingerprint density at radius 1 is 1.53 bits per heavy atom. The van der Waals surface area contributed by atoms with Crippen LogP contribution in [-0.4, -0.2) is 29.1 Å². The Kier molecular flexibility index (Phi) is 4.37. The van der Waals surface area contributed by atoms with Crippen molar-refractivity contribution in [2.75, 3.05) is 13.1 Å². The SMILES string of the molecule is CCCN(CC)Cc1ccoc1C(=O)O. The molecule has 0 saturated heterocycles. The van der Waals surface area contributed by atoms with E-state index in [4.69, 9.17) is 9.52 Å². The number of hydrogen-bond acceptors (Lipinski definition) is 3. The molecule has 1 N–H and O–H groups in total. The van der Waals surface area contributed by atoms with E-state index in [1.54, 1.807) is 6.07 Å². The fraction of sp³-hybridized carbons (Fsp3) is 0.545. The summed E-state index contributed by atoms with van der Waals surface area (Å²) in [6.07, 6.45) is 2.49. The van der Waals surface area contributed by atoms with Crippen LogP contribution >= 0.6 is 0 Å². The summed E-state index contributed by atoms with van der Waals surface area (Å²) >= 11 is 0. The molecule has 1 heterocycles. The molecule has 0 unspecified atom stereocenters. The third-order valence-corrected chi connectivity index (χ3v) is 2.32. The summed E-state index contributed by atoms with van der Waals surface area (Å²) in [6, 6.07) is 1.72. The van der Waals surface area contributed by atoms with E-state index < -0.39 is 5.97 Å². The van der Waals surface area contributed by atoms with Crippen LogP contribution in [0, 0.1) is 0 Å². The Balaban J connectivity index is 2.70. The number of hydrogen-bond donors (Lipinski definition) is 1. The molecule has 0 saturated carbocycles. The maximum atomic E-state index is 10.8. The lowest BCUT2D eigenvalue weighted by molar-refractivity contribution is 0.0659. The first-order valence-corrected chi connectivity index (χ1v) is 5.21. The van der Waals surface area contributed by atoms with Crippen LogP contribution in [0.4, 0.5) is 0 Å². The van der Waals surface area contributed by atoms with Gasteiger partial charge in [0, 0.05) is 12.1 Å².